The fourth-order valence-corrected chi connectivity index (χ4v) is 6.51. The van der Waals surface area contributed by atoms with Crippen LogP contribution in [0.3, 0.4) is 0 Å². The zero-order valence-electron chi connectivity index (χ0n) is 32.6. The van der Waals surface area contributed by atoms with E-state index in [-0.39, 0.29) is 63.5 Å². The molecular formula is C37H55N11O10. The van der Waals surface area contributed by atoms with Crippen molar-refractivity contribution in [3.8, 4) is 0 Å². The molecule has 0 aliphatic carbocycles. The predicted octanol–water partition coefficient (Wildman–Crippen LogP) is -2.11. The molecule has 1 aromatic carbocycles. The number of hydrogen-bond donors (Lipinski definition) is 11. The van der Waals surface area contributed by atoms with Gasteiger partial charge in [0.05, 0.1) is 12.5 Å². The highest BCUT2D eigenvalue weighted by atomic mass is 16.4. The topological polar surface area (TPSA) is 361 Å². The number of carboxylic acids is 2. The lowest BCUT2D eigenvalue weighted by Gasteiger charge is -2.29. The molecule has 15 N–H and O–H groups in total. The number of aromatic nitrogens is 1. The average molecular weight is 814 g/mol. The monoisotopic (exact) mass is 813 g/mol. The Morgan fingerprint density at radius 2 is 1.50 bits per heavy atom. The van der Waals surface area contributed by atoms with Crippen molar-refractivity contribution in [3.05, 3.63) is 36.0 Å². The molecule has 1 aliphatic rings. The van der Waals surface area contributed by atoms with Gasteiger partial charge in [0.2, 0.25) is 35.4 Å². The number of nitrogens with two attached hydrogens (primary N) is 4. The SMILES string of the molecule is CC[C@H](C)[C@H](N)C(=O)N[C@@H](CCCN=C(N)N)C(=O)N[C@@H](Cc1c[nH]c2ccccc12)C(=O)N[C@@H](CC(=O)O)C(=O)N[C@@H](CCC(N)=O)C(=O)N1CCC[C@H]1C(=O)O. The Labute approximate surface area is 334 Å². The third-order valence-corrected chi connectivity index (χ3v) is 10.00. The molecule has 1 saturated heterocycles. The Morgan fingerprint density at radius 1 is 0.879 bits per heavy atom. The zero-order valence-corrected chi connectivity index (χ0v) is 32.6. The van der Waals surface area contributed by atoms with Crippen LogP contribution < -0.4 is 44.2 Å². The summed E-state index contributed by atoms with van der Waals surface area (Å²) in [6.45, 7) is 3.80. The van der Waals surface area contributed by atoms with Crippen LogP contribution in [0, 0.1) is 5.92 Å². The summed E-state index contributed by atoms with van der Waals surface area (Å²) < 4.78 is 0. The lowest BCUT2D eigenvalue weighted by atomic mass is 9.98. The van der Waals surface area contributed by atoms with Crippen molar-refractivity contribution in [2.24, 2.45) is 33.8 Å². The van der Waals surface area contributed by atoms with Gasteiger partial charge in [-0.2, -0.15) is 0 Å². The molecule has 0 bridgehead atoms. The summed E-state index contributed by atoms with van der Waals surface area (Å²) in [6, 6.07) is -1.05. The number of nitrogens with one attached hydrogen (secondary N) is 5. The van der Waals surface area contributed by atoms with E-state index in [2.05, 4.69) is 31.2 Å². The van der Waals surface area contributed by atoms with Gasteiger partial charge in [0, 0.05) is 43.0 Å². The van der Waals surface area contributed by atoms with Crippen molar-refractivity contribution < 1.29 is 48.6 Å². The van der Waals surface area contributed by atoms with Gasteiger partial charge < -0.3 is 64.3 Å². The number of para-hydroxylation sites is 1. The van der Waals surface area contributed by atoms with E-state index in [9.17, 15) is 48.6 Å². The molecule has 0 unspecified atom stereocenters. The first-order chi connectivity index (χ1) is 27.4. The summed E-state index contributed by atoms with van der Waals surface area (Å²) in [5.74, 6) is -8.37. The Kier molecular flexibility index (Phi) is 17.4. The predicted molar refractivity (Wildman–Crippen MR) is 210 cm³/mol. The van der Waals surface area contributed by atoms with Crippen LogP contribution in [-0.2, 0) is 44.8 Å². The first-order valence-electron chi connectivity index (χ1n) is 19.0. The third kappa shape index (κ3) is 13.5. The number of aliphatic imine (C=N–C) groups is 1. The quantitative estimate of drug-likeness (QED) is 0.0326. The van der Waals surface area contributed by atoms with Gasteiger partial charge in [-0.05, 0) is 49.7 Å². The van der Waals surface area contributed by atoms with E-state index < -0.39 is 90.1 Å². The van der Waals surface area contributed by atoms with Crippen LogP contribution in [0.25, 0.3) is 10.9 Å². The summed E-state index contributed by atoms with van der Waals surface area (Å²) >= 11 is 0. The zero-order chi connectivity index (χ0) is 43.1. The number of primary amides is 1. The van der Waals surface area contributed by atoms with Gasteiger partial charge in [0.25, 0.3) is 0 Å². The van der Waals surface area contributed by atoms with Crippen molar-refractivity contribution in [1.29, 1.82) is 0 Å². The minimum atomic E-state index is -1.83. The molecule has 2 aromatic rings. The summed E-state index contributed by atoms with van der Waals surface area (Å²) in [4.78, 5) is 112. The van der Waals surface area contributed by atoms with Crippen LogP contribution in [0.5, 0.6) is 0 Å². The molecule has 0 spiro atoms. The number of fused-ring (bicyclic) bond motifs is 1. The second kappa shape index (κ2) is 21.9. The van der Waals surface area contributed by atoms with Crippen LogP contribution in [-0.4, -0.2) is 123 Å². The molecule has 1 fully saturated rings. The molecule has 21 heteroatoms. The lowest BCUT2D eigenvalue weighted by Crippen LogP contribution is -2.60. The van der Waals surface area contributed by atoms with Crippen LogP contribution in [0.4, 0.5) is 0 Å². The summed E-state index contributed by atoms with van der Waals surface area (Å²) in [5, 5.41) is 30.2. The number of benzene rings is 1. The second-order valence-electron chi connectivity index (χ2n) is 14.3. The van der Waals surface area contributed by atoms with Crippen molar-refractivity contribution in [3.63, 3.8) is 0 Å². The molecule has 2 heterocycles. The van der Waals surface area contributed by atoms with Gasteiger partial charge in [-0.25, -0.2) is 4.79 Å². The molecular weight excluding hydrogens is 758 g/mol. The lowest BCUT2D eigenvalue weighted by molar-refractivity contribution is -0.150. The van der Waals surface area contributed by atoms with E-state index >= 15 is 0 Å². The maximum Gasteiger partial charge on any atom is 0.326 e. The number of likely N-dealkylation sites (tertiary alicyclic amines) is 1. The maximum absolute atomic E-state index is 14.2. The first kappa shape index (κ1) is 46.1. The maximum atomic E-state index is 14.2. The Bertz CT molecular complexity index is 1850. The van der Waals surface area contributed by atoms with Gasteiger partial charge in [0.1, 0.15) is 30.2 Å². The smallest absolute Gasteiger partial charge is 0.326 e. The summed E-state index contributed by atoms with van der Waals surface area (Å²) in [7, 11) is 0. The Morgan fingerprint density at radius 3 is 2.14 bits per heavy atom. The minimum absolute atomic E-state index is 0.0214. The molecule has 0 radical (unpaired) electrons. The number of rotatable bonds is 23. The fraction of sp³-hybridized carbons (Fsp3) is 0.541. The number of carbonyl (C=O) groups excluding carboxylic acids is 6. The van der Waals surface area contributed by atoms with Gasteiger partial charge in [-0.15, -0.1) is 0 Å². The van der Waals surface area contributed by atoms with E-state index in [0.29, 0.717) is 29.3 Å². The van der Waals surface area contributed by atoms with Crippen molar-refractivity contribution in [1.82, 2.24) is 31.2 Å². The van der Waals surface area contributed by atoms with Crippen LogP contribution >= 0.6 is 0 Å². The Balaban J connectivity index is 1.95. The molecule has 21 nitrogen and oxygen atoms in total. The normalized spacial score (nSPS) is 16.8. The van der Waals surface area contributed by atoms with Gasteiger partial charge in [-0.3, -0.25) is 38.6 Å². The number of aliphatic carboxylic acids is 2. The number of aromatic amines is 1. The van der Waals surface area contributed by atoms with E-state index in [4.69, 9.17) is 22.9 Å². The second-order valence-corrected chi connectivity index (χ2v) is 14.3. The molecule has 0 saturated carbocycles. The fourth-order valence-electron chi connectivity index (χ4n) is 6.51. The van der Waals surface area contributed by atoms with E-state index in [1.807, 2.05) is 6.92 Å². The molecule has 6 amide bonds. The van der Waals surface area contributed by atoms with E-state index in [0.717, 1.165) is 4.90 Å². The number of carboxylic acid groups (broad SMARTS) is 2. The van der Waals surface area contributed by atoms with Crippen LogP contribution in [0.2, 0.25) is 0 Å². The molecule has 1 aromatic heterocycles. The number of guanidine groups is 1. The highest BCUT2D eigenvalue weighted by Gasteiger charge is 2.39. The van der Waals surface area contributed by atoms with E-state index in [1.54, 1.807) is 37.4 Å². The first-order valence-corrected chi connectivity index (χ1v) is 19.0. The van der Waals surface area contributed by atoms with E-state index in [1.165, 1.54) is 0 Å². The van der Waals surface area contributed by atoms with Gasteiger partial charge >= 0.3 is 11.9 Å². The summed E-state index contributed by atoms with van der Waals surface area (Å²) in [6.07, 6.45) is 1.11. The van der Waals surface area contributed by atoms with Crippen molar-refractivity contribution >= 4 is 64.2 Å². The highest BCUT2D eigenvalue weighted by molar-refractivity contribution is 5.98. The Hall–Kier alpha value is -6.25. The minimum Gasteiger partial charge on any atom is -0.481 e. The number of hydrogen-bond acceptors (Lipinski definition) is 10. The third-order valence-electron chi connectivity index (χ3n) is 10.00. The van der Waals surface area contributed by atoms with Crippen LogP contribution in [0.1, 0.15) is 70.8 Å². The molecule has 1 aliphatic heterocycles. The number of nitrogens with zero attached hydrogens (tertiary/aromatic N) is 2. The number of carbonyl (C=O) groups is 8. The van der Waals surface area contributed by atoms with Crippen molar-refractivity contribution in [2.45, 2.75) is 108 Å². The molecule has 7 atom stereocenters. The highest BCUT2D eigenvalue weighted by Crippen LogP contribution is 2.21. The van der Waals surface area contributed by atoms with Gasteiger partial charge in [0.15, 0.2) is 5.96 Å². The van der Waals surface area contributed by atoms with Crippen molar-refractivity contribution in [2.75, 3.05) is 13.1 Å². The van der Waals surface area contributed by atoms with Gasteiger partial charge in [-0.1, -0.05) is 38.5 Å². The van der Waals surface area contributed by atoms with Crippen LogP contribution in [0.15, 0.2) is 35.5 Å². The number of H-pyrrole nitrogens is 1. The average Bonchev–Trinajstić information content (AvgIpc) is 3.83. The molecule has 58 heavy (non-hydrogen) atoms. The standard InChI is InChI=1S/C37H55N11O10/c1-3-19(2)30(39)34(55)44-23(10-6-14-42-37(40)41)31(52)46-25(16-20-18-43-22-9-5-4-8-21(20)22)32(53)47-26(17-29(50)51)33(54)45-24(12-13-28(38)49)35(56)48-15-7-11-27(48)36(57)58/h4-5,8-9,18-19,23-27,30,43H,3,6-7,10-17,39H2,1-2H3,(H2,38,49)(H,44,55)(H,45,54)(H,46,52)(H,47,53)(H,50,51)(H,57,58)(H4,40,41,42)/t19-,23-,24-,25-,26-,27-,30-/m0/s1. The summed E-state index contributed by atoms with van der Waals surface area (Å²) in [5.41, 5.74) is 23.6. The number of amides is 6. The largest absolute Gasteiger partial charge is 0.481 e. The molecule has 318 valence electrons. The molecule has 3 rings (SSSR count).